The summed E-state index contributed by atoms with van der Waals surface area (Å²) in [6.07, 6.45) is 2.84. The molecule has 1 aromatic carbocycles. The molecule has 2 atom stereocenters. The third kappa shape index (κ3) is 3.49. The molecule has 3 N–H and O–H groups in total. The number of nitrogens with two attached hydrogens (primary N) is 1. The second-order valence-corrected chi connectivity index (χ2v) is 9.88. The van der Waals surface area contributed by atoms with Gasteiger partial charge in [-0.25, -0.2) is 27.6 Å². The maximum atomic E-state index is 13.7. The maximum absolute atomic E-state index is 13.7. The largest absolute Gasteiger partial charge is 0.477 e. The molecule has 2 aliphatic carbocycles. The van der Waals surface area contributed by atoms with Gasteiger partial charge in [0.05, 0.1) is 12.8 Å². The van der Waals surface area contributed by atoms with Crippen LogP contribution in [0.5, 0.6) is 5.88 Å². The minimum absolute atomic E-state index is 0.0522. The van der Waals surface area contributed by atoms with E-state index in [0.29, 0.717) is 43.7 Å². The molecular weight excluding hydrogens is 428 g/mol. The van der Waals surface area contributed by atoms with Gasteiger partial charge in [-0.3, -0.25) is 0 Å². The van der Waals surface area contributed by atoms with Crippen LogP contribution < -0.4 is 15.2 Å². The van der Waals surface area contributed by atoms with Crippen LogP contribution in [0.4, 0.5) is 19.3 Å². The summed E-state index contributed by atoms with van der Waals surface area (Å²) in [6, 6.07) is 1.07. The molecule has 166 valence electrons. The monoisotopic (exact) mass is 451 g/mol. The predicted octanol–water partition coefficient (Wildman–Crippen LogP) is 3.38. The number of urea groups is 1. The van der Waals surface area contributed by atoms with Crippen LogP contribution in [0, 0.1) is 0 Å². The lowest BCUT2D eigenvalue weighted by molar-refractivity contribution is 0.114. The van der Waals surface area contributed by atoms with E-state index < -0.39 is 28.3 Å². The molecule has 5 rings (SSSR count). The first kappa shape index (κ1) is 20.4. The minimum atomic E-state index is -3.63. The number of aryl methyl sites for hydroxylation is 3. The second-order valence-electron chi connectivity index (χ2n) is 8.12. The lowest BCUT2D eigenvalue weighted by Crippen LogP contribution is -2.21. The van der Waals surface area contributed by atoms with E-state index in [0.717, 1.165) is 36.0 Å². The third-order valence-electron chi connectivity index (χ3n) is 6.20. The molecule has 2 aromatic rings. The molecule has 1 aromatic heterocycles. The summed E-state index contributed by atoms with van der Waals surface area (Å²) in [5, 5.41) is 12.7. The van der Waals surface area contributed by atoms with Gasteiger partial charge in [0.25, 0.3) is 0 Å². The molecule has 8 nitrogen and oxygen atoms in total. The fourth-order valence-corrected chi connectivity index (χ4v) is 5.85. The Morgan fingerprint density at radius 1 is 1.32 bits per heavy atom. The average Bonchev–Trinajstić information content (AvgIpc) is 3.44. The fraction of sp³-hybridized carbons (Fsp3) is 0.500. The molecule has 0 saturated heterocycles. The summed E-state index contributed by atoms with van der Waals surface area (Å²) in [5.41, 5.74) is 3.65. The molecule has 0 fully saturated rings. The molecule has 3 aliphatic rings. The Hall–Kier alpha value is -2.53. The van der Waals surface area contributed by atoms with Crippen molar-refractivity contribution in [1.82, 2.24) is 9.78 Å². The van der Waals surface area contributed by atoms with Crippen LogP contribution in [0.3, 0.4) is 0 Å². The van der Waals surface area contributed by atoms with Crippen molar-refractivity contribution < 1.29 is 22.5 Å². The minimum Gasteiger partial charge on any atom is -0.477 e. The van der Waals surface area contributed by atoms with Crippen LogP contribution in [0.25, 0.3) is 0 Å². The summed E-state index contributed by atoms with van der Waals surface area (Å²) in [6.45, 7) is 1.02. The molecular formula is C20H23F2N5O3S. The van der Waals surface area contributed by atoms with E-state index in [1.807, 2.05) is 6.07 Å². The number of fused-ring (bicyclic) bond motifs is 3. The van der Waals surface area contributed by atoms with Crippen LogP contribution >= 0.6 is 0 Å². The quantitative estimate of drug-likeness (QED) is 0.745. The van der Waals surface area contributed by atoms with Gasteiger partial charge in [-0.05, 0) is 54.4 Å². The van der Waals surface area contributed by atoms with Crippen molar-refractivity contribution in [2.45, 2.75) is 62.3 Å². The topological polar surface area (TPSA) is 112 Å². The average molecular weight is 451 g/mol. The van der Waals surface area contributed by atoms with Gasteiger partial charge in [0.2, 0.25) is 12.3 Å². The Morgan fingerprint density at radius 2 is 2.16 bits per heavy atom. The van der Waals surface area contributed by atoms with Crippen molar-refractivity contribution in [3.05, 3.63) is 34.5 Å². The molecule has 11 heteroatoms. The zero-order chi connectivity index (χ0) is 21.8. The van der Waals surface area contributed by atoms with E-state index in [1.165, 1.54) is 10.9 Å². The number of carbonyl (C=O) groups is 1. The summed E-state index contributed by atoms with van der Waals surface area (Å²) in [5.74, 6) is -0.691. The summed E-state index contributed by atoms with van der Waals surface area (Å²) in [4.78, 5) is 12.8. The first-order valence-corrected chi connectivity index (χ1v) is 11.9. The number of hydrogen-bond donors (Lipinski definition) is 2. The number of halogens is 2. The standard InChI is InChI=1S/C20H23F2N5O3S/c21-18(22)14-6-5-12-9-11-3-1-4-13(11)17(16(12)14)25-20(28)26-31(23,29)15-10-24-27-7-2-8-30-19(15)27/h9-10,14,18H,1-8H2,(H3,23,25,26,28,29)/t14-,31-/m1/s1. The number of rotatable bonds is 3. The van der Waals surface area contributed by atoms with Gasteiger partial charge in [-0.15, -0.1) is 4.36 Å². The van der Waals surface area contributed by atoms with E-state index in [9.17, 15) is 17.8 Å². The van der Waals surface area contributed by atoms with E-state index in [1.54, 1.807) is 0 Å². The van der Waals surface area contributed by atoms with Gasteiger partial charge in [0.15, 0.2) is 9.92 Å². The van der Waals surface area contributed by atoms with Crippen molar-refractivity contribution in [3.63, 3.8) is 0 Å². The number of carbonyl (C=O) groups excluding carboxylic acids is 1. The van der Waals surface area contributed by atoms with Crippen molar-refractivity contribution in [2.75, 3.05) is 11.9 Å². The highest BCUT2D eigenvalue weighted by atomic mass is 32.2. The Balaban J connectivity index is 1.52. The van der Waals surface area contributed by atoms with Crippen molar-refractivity contribution in [3.8, 4) is 5.88 Å². The first-order chi connectivity index (χ1) is 14.8. The molecule has 1 aliphatic heterocycles. The summed E-state index contributed by atoms with van der Waals surface area (Å²) in [7, 11) is -3.63. The van der Waals surface area contributed by atoms with Crippen molar-refractivity contribution in [1.29, 1.82) is 0 Å². The number of anilines is 1. The van der Waals surface area contributed by atoms with Gasteiger partial charge in [0.1, 0.15) is 4.90 Å². The fourth-order valence-electron chi connectivity index (χ4n) is 4.85. The van der Waals surface area contributed by atoms with Crippen LogP contribution in [-0.4, -0.2) is 33.1 Å². The molecule has 2 amide bonds. The Labute approximate surface area is 178 Å². The predicted molar refractivity (Wildman–Crippen MR) is 110 cm³/mol. The van der Waals surface area contributed by atoms with Crippen molar-refractivity contribution in [2.24, 2.45) is 9.50 Å². The summed E-state index contributed by atoms with van der Waals surface area (Å²) < 4.78 is 51.2. The highest BCUT2D eigenvalue weighted by molar-refractivity contribution is 7.91. The van der Waals surface area contributed by atoms with Crippen LogP contribution in [0.15, 0.2) is 21.5 Å². The zero-order valence-corrected chi connectivity index (χ0v) is 17.6. The molecule has 2 heterocycles. The first-order valence-electron chi connectivity index (χ1n) is 10.4. The number of aromatic nitrogens is 2. The third-order valence-corrected chi connectivity index (χ3v) is 7.55. The second kappa shape index (κ2) is 7.56. The van der Waals surface area contributed by atoms with E-state index in [4.69, 9.17) is 9.88 Å². The smallest absolute Gasteiger partial charge is 0.354 e. The molecule has 0 spiro atoms. The van der Waals surface area contributed by atoms with Gasteiger partial charge in [0, 0.05) is 24.6 Å². The number of benzene rings is 1. The number of nitrogens with one attached hydrogen (secondary N) is 1. The van der Waals surface area contributed by atoms with Crippen molar-refractivity contribution >= 4 is 21.6 Å². The normalized spacial score (nSPS) is 21.1. The van der Waals surface area contributed by atoms with Gasteiger partial charge >= 0.3 is 6.03 Å². The number of hydrogen-bond acceptors (Lipinski definition) is 4. The number of nitrogens with zero attached hydrogens (tertiary/aromatic N) is 3. The summed E-state index contributed by atoms with van der Waals surface area (Å²) >= 11 is 0. The molecule has 0 radical (unpaired) electrons. The number of alkyl halides is 2. The lowest BCUT2D eigenvalue weighted by Gasteiger charge is -2.19. The lowest BCUT2D eigenvalue weighted by atomic mass is 9.94. The van der Waals surface area contributed by atoms with E-state index >= 15 is 0 Å². The van der Waals surface area contributed by atoms with E-state index in [2.05, 4.69) is 14.8 Å². The molecule has 31 heavy (non-hydrogen) atoms. The van der Waals surface area contributed by atoms with Gasteiger partial charge in [-0.2, -0.15) is 5.10 Å². The Kier molecular flexibility index (Phi) is 4.97. The van der Waals surface area contributed by atoms with E-state index in [-0.39, 0.29) is 10.8 Å². The van der Waals surface area contributed by atoms with Crippen LogP contribution in [-0.2, 0) is 35.7 Å². The van der Waals surface area contributed by atoms with Crippen LogP contribution in [0.2, 0.25) is 0 Å². The van der Waals surface area contributed by atoms with Crippen LogP contribution in [0.1, 0.15) is 47.4 Å². The zero-order valence-electron chi connectivity index (χ0n) is 16.8. The highest BCUT2D eigenvalue weighted by Crippen LogP contribution is 2.46. The Bertz CT molecular complexity index is 1190. The van der Waals surface area contributed by atoms with Gasteiger partial charge in [-0.1, -0.05) is 6.07 Å². The number of ether oxygens (including phenoxy) is 1. The number of amides is 2. The molecule has 0 bridgehead atoms. The Morgan fingerprint density at radius 3 is 2.97 bits per heavy atom. The molecule has 0 saturated carbocycles. The van der Waals surface area contributed by atoms with Gasteiger partial charge < -0.3 is 10.1 Å². The SMILES string of the molecule is N[S@@](=O)(=NC(=O)Nc1c2c(cc3c1[C@H](C(F)F)CC3)CCC2)c1cnn2c1OCCC2. The highest BCUT2D eigenvalue weighted by Gasteiger charge is 2.36. The maximum Gasteiger partial charge on any atom is 0.354 e. The molecule has 0 unspecified atom stereocenters.